The Morgan fingerprint density at radius 1 is 0.828 bits per heavy atom. The summed E-state index contributed by atoms with van der Waals surface area (Å²) in [5.74, 6) is -1.46. The molecule has 1 aromatic heterocycles. The molecule has 0 unspecified atom stereocenters. The third-order valence-corrected chi connectivity index (χ3v) is 6.35. The van der Waals surface area contributed by atoms with Crippen molar-refractivity contribution in [2.24, 2.45) is 0 Å². The lowest BCUT2D eigenvalue weighted by atomic mass is 10.1. The van der Waals surface area contributed by atoms with Crippen LogP contribution < -0.4 is 0 Å². The summed E-state index contributed by atoms with van der Waals surface area (Å²) in [6.07, 6.45) is 0. The smallest absolute Gasteiger partial charge is 0.297 e. The van der Waals surface area contributed by atoms with Crippen molar-refractivity contribution >= 4 is 29.2 Å². The van der Waals surface area contributed by atoms with E-state index >= 15 is 0 Å². The predicted octanol–water partition coefficient (Wildman–Crippen LogP) is 2.12. The second-order valence-electron chi connectivity index (χ2n) is 7.45. The van der Waals surface area contributed by atoms with Gasteiger partial charge in [0.15, 0.2) is 0 Å². The lowest BCUT2D eigenvalue weighted by Crippen LogP contribution is -2.51. The first kappa shape index (κ1) is 19.8. The highest BCUT2D eigenvalue weighted by Crippen LogP contribution is 2.20. The number of urea groups is 1. The number of hydrogen-bond acceptors (Lipinski definition) is 6. The second kappa shape index (κ2) is 8.44. The van der Waals surface area contributed by atoms with Crippen LogP contribution in [0.25, 0.3) is 0 Å². The van der Waals surface area contributed by atoms with Crippen molar-refractivity contribution < 1.29 is 14.4 Å². The summed E-state index contributed by atoms with van der Waals surface area (Å²) in [7, 11) is 0. The Labute approximate surface area is 174 Å². The third kappa shape index (κ3) is 4.24. The number of carbonyl (C=O) groups excluding carboxylic acids is 3. The van der Waals surface area contributed by atoms with E-state index in [1.165, 1.54) is 22.5 Å². The monoisotopic (exact) mass is 412 g/mol. The average molecular weight is 413 g/mol. The van der Waals surface area contributed by atoms with E-state index in [9.17, 15) is 14.4 Å². The number of aryl methyl sites for hydroxylation is 1. The van der Waals surface area contributed by atoms with Crippen LogP contribution >= 0.6 is 11.3 Å². The number of nitrogens with zero attached hydrogens (tertiary/aromatic N) is 4. The van der Waals surface area contributed by atoms with Crippen LogP contribution in [0.2, 0.25) is 0 Å². The summed E-state index contributed by atoms with van der Waals surface area (Å²) in [6, 6.07) is 11.6. The van der Waals surface area contributed by atoms with Crippen molar-refractivity contribution in [2.45, 2.75) is 20.0 Å². The SMILES string of the molecule is Cc1ccccc1CN1CCN(CN2C(=O)C(=O)N(Cc3cccs3)C2=O)CC1. The molecule has 2 aliphatic heterocycles. The van der Waals surface area contributed by atoms with E-state index in [1.54, 1.807) is 0 Å². The van der Waals surface area contributed by atoms with Gasteiger partial charge in [-0.2, -0.15) is 0 Å². The standard InChI is InChI=1S/C21H24N4O3S/c1-16-5-2-3-6-17(16)13-22-8-10-23(11-9-22)15-25-20(27)19(26)24(21(25)28)14-18-7-4-12-29-18/h2-7,12H,8-11,13-15H2,1H3. The molecule has 1 aromatic carbocycles. The zero-order valence-electron chi connectivity index (χ0n) is 16.4. The second-order valence-corrected chi connectivity index (χ2v) is 8.48. The maximum Gasteiger partial charge on any atom is 0.335 e. The first-order chi connectivity index (χ1) is 14.0. The summed E-state index contributed by atoms with van der Waals surface area (Å²) >= 11 is 1.46. The Morgan fingerprint density at radius 3 is 2.21 bits per heavy atom. The Bertz CT molecular complexity index is 906. The molecule has 2 aliphatic rings. The lowest BCUT2D eigenvalue weighted by Gasteiger charge is -2.36. The highest BCUT2D eigenvalue weighted by atomic mass is 32.1. The van der Waals surface area contributed by atoms with Gasteiger partial charge in [-0.3, -0.25) is 24.3 Å². The first-order valence-electron chi connectivity index (χ1n) is 9.72. The van der Waals surface area contributed by atoms with Gasteiger partial charge >= 0.3 is 17.8 Å². The van der Waals surface area contributed by atoms with Gasteiger partial charge in [0.1, 0.15) is 0 Å². The predicted molar refractivity (Wildman–Crippen MR) is 110 cm³/mol. The summed E-state index contributed by atoms with van der Waals surface area (Å²) in [6.45, 7) is 6.56. The van der Waals surface area contributed by atoms with Crippen LogP contribution in [0, 0.1) is 6.92 Å². The lowest BCUT2D eigenvalue weighted by molar-refractivity contribution is -0.144. The highest BCUT2D eigenvalue weighted by Gasteiger charge is 2.45. The normalized spacial score (nSPS) is 18.9. The minimum absolute atomic E-state index is 0.155. The maximum atomic E-state index is 12.6. The van der Waals surface area contributed by atoms with Gasteiger partial charge in [-0.25, -0.2) is 9.69 Å². The van der Waals surface area contributed by atoms with E-state index in [4.69, 9.17) is 0 Å². The molecule has 4 amide bonds. The summed E-state index contributed by atoms with van der Waals surface area (Å²) < 4.78 is 0. The molecule has 0 aliphatic carbocycles. The number of benzene rings is 1. The topological polar surface area (TPSA) is 64.2 Å². The van der Waals surface area contributed by atoms with Gasteiger partial charge in [-0.05, 0) is 29.5 Å². The number of amides is 4. The Hall–Kier alpha value is -2.55. The van der Waals surface area contributed by atoms with Gasteiger partial charge < -0.3 is 0 Å². The van der Waals surface area contributed by atoms with E-state index < -0.39 is 17.8 Å². The molecular weight excluding hydrogens is 388 g/mol. The molecule has 2 fully saturated rings. The molecule has 0 radical (unpaired) electrons. The average Bonchev–Trinajstić information content (AvgIpc) is 3.30. The maximum absolute atomic E-state index is 12.6. The Balaban J connectivity index is 1.32. The summed E-state index contributed by atoms with van der Waals surface area (Å²) in [4.78, 5) is 44.7. The van der Waals surface area contributed by atoms with Crippen molar-refractivity contribution in [3.63, 3.8) is 0 Å². The number of thiophene rings is 1. The van der Waals surface area contributed by atoms with Crippen molar-refractivity contribution in [1.29, 1.82) is 0 Å². The van der Waals surface area contributed by atoms with E-state index in [1.807, 2.05) is 23.6 Å². The fourth-order valence-corrected chi connectivity index (χ4v) is 4.38. The molecule has 0 spiro atoms. The van der Waals surface area contributed by atoms with Crippen molar-refractivity contribution in [2.75, 3.05) is 32.8 Å². The van der Waals surface area contributed by atoms with Crippen molar-refractivity contribution in [3.05, 3.63) is 57.8 Å². The molecular formula is C21H24N4O3S. The minimum Gasteiger partial charge on any atom is -0.297 e. The Morgan fingerprint density at radius 2 is 1.52 bits per heavy atom. The highest BCUT2D eigenvalue weighted by molar-refractivity contribution is 7.09. The minimum atomic E-state index is -0.735. The number of hydrogen-bond donors (Lipinski definition) is 0. The zero-order chi connectivity index (χ0) is 20.4. The number of imide groups is 2. The molecule has 0 atom stereocenters. The first-order valence-corrected chi connectivity index (χ1v) is 10.6. The van der Waals surface area contributed by atoms with Crippen LogP contribution in [0.3, 0.4) is 0 Å². The molecule has 4 rings (SSSR count). The molecule has 29 heavy (non-hydrogen) atoms. The van der Waals surface area contributed by atoms with Gasteiger partial charge in [0.2, 0.25) is 0 Å². The van der Waals surface area contributed by atoms with Crippen molar-refractivity contribution in [3.8, 4) is 0 Å². The molecule has 2 aromatic rings. The summed E-state index contributed by atoms with van der Waals surface area (Å²) in [5.41, 5.74) is 2.60. The van der Waals surface area contributed by atoms with Gasteiger partial charge in [0, 0.05) is 37.6 Å². The van der Waals surface area contributed by atoms with E-state index in [2.05, 4.69) is 34.9 Å². The molecule has 0 N–H and O–H groups in total. The molecule has 3 heterocycles. The quantitative estimate of drug-likeness (QED) is 0.537. The summed E-state index contributed by atoms with van der Waals surface area (Å²) in [5, 5.41) is 1.89. The van der Waals surface area contributed by atoms with E-state index in [-0.39, 0.29) is 13.2 Å². The largest absolute Gasteiger partial charge is 0.335 e. The Kier molecular flexibility index (Phi) is 5.75. The van der Waals surface area contributed by atoms with Gasteiger partial charge in [0.05, 0.1) is 13.2 Å². The van der Waals surface area contributed by atoms with Gasteiger partial charge in [-0.15, -0.1) is 11.3 Å². The van der Waals surface area contributed by atoms with Crippen LogP contribution in [-0.2, 0) is 22.7 Å². The van der Waals surface area contributed by atoms with Gasteiger partial charge in [0.25, 0.3) is 0 Å². The van der Waals surface area contributed by atoms with Crippen LogP contribution in [0.5, 0.6) is 0 Å². The number of rotatable bonds is 6. The van der Waals surface area contributed by atoms with E-state index in [0.717, 1.165) is 47.4 Å². The molecule has 0 saturated carbocycles. The van der Waals surface area contributed by atoms with Crippen LogP contribution in [0.1, 0.15) is 16.0 Å². The number of carbonyl (C=O) groups is 3. The van der Waals surface area contributed by atoms with E-state index in [0.29, 0.717) is 0 Å². The fourth-order valence-electron chi connectivity index (χ4n) is 3.69. The molecule has 0 bridgehead atoms. The number of piperazine rings is 1. The molecule has 2 saturated heterocycles. The zero-order valence-corrected chi connectivity index (χ0v) is 17.2. The van der Waals surface area contributed by atoms with Crippen LogP contribution in [0.4, 0.5) is 4.79 Å². The fraction of sp³-hybridized carbons (Fsp3) is 0.381. The van der Waals surface area contributed by atoms with Gasteiger partial charge in [-0.1, -0.05) is 30.3 Å². The van der Waals surface area contributed by atoms with Crippen LogP contribution in [-0.4, -0.2) is 70.3 Å². The molecule has 7 nitrogen and oxygen atoms in total. The molecule has 8 heteroatoms. The third-order valence-electron chi connectivity index (χ3n) is 5.49. The van der Waals surface area contributed by atoms with Crippen molar-refractivity contribution in [1.82, 2.24) is 19.6 Å². The van der Waals surface area contributed by atoms with Crippen LogP contribution in [0.15, 0.2) is 41.8 Å². The molecule has 152 valence electrons.